The van der Waals surface area contributed by atoms with E-state index in [9.17, 15) is 18.0 Å². The van der Waals surface area contributed by atoms with E-state index >= 15 is 0 Å². The van der Waals surface area contributed by atoms with Gasteiger partial charge in [-0.25, -0.2) is 8.42 Å². The Morgan fingerprint density at radius 2 is 1.84 bits per heavy atom. The fourth-order valence-corrected chi connectivity index (χ4v) is 5.11. The molecule has 0 spiro atoms. The van der Waals surface area contributed by atoms with Crippen molar-refractivity contribution in [3.05, 3.63) is 59.4 Å². The van der Waals surface area contributed by atoms with Gasteiger partial charge in [-0.05, 0) is 55.2 Å². The second kappa shape index (κ2) is 9.99. The molecule has 0 bridgehead atoms. The lowest BCUT2D eigenvalue weighted by Gasteiger charge is -2.35. The molecular weight excluding hydrogens is 420 g/mol. The highest BCUT2D eigenvalue weighted by Gasteiger charge is 2.35. The number of ether oxygens (including phenoxy) is 1. The first-order chi connectivity index (χ1) is 14.8. The predicted octanol–water partition coefficient (Wildman–Crippen LogP) is 0.868. The van der Waals surface area contributed by atoms with Crippen LogP contribution in [0.3, 0.4) is 0 Å². The summed E-state index contributed by atoms with van der Waals surface area (Å²) in [7, 11) is -3.83. The Balaban J connectivity index is 1.63. The second-order valence-electron chi connectivity index (χ2n) is 7.31. The first-order valence-corrected chi connectivity index (χ1v) is 11.4. The lowest BCUT2D eigenvalue weighted by molar-refractivity contribution is -0.140. The Morgan fingerprint density at radius 1 is 1.13 bits per heavy atom. The number of amides is 2. The molecule has 2 amide bonds. The van der Waals surface area contributed by atoms with E-state index in [-0.39, 0.29) is 24.5 Å². The van der Waals surface area contributed by atoms with Gasteiger partial charge in [-0.1, -0.05) is 12.1 Å². The third kappa shape index (κ3) is 5.66. The summed E-state index contributed by atoms with van der Waals surface area (Å²) in [5.41, 5.74) is 2.27. The van der Waals surface area contributed by atoms with E-state index in [1.165, 1.54) is 4.31 Å². The molecule has 1 fully saturated rings. The standard InChI is InChI=1S/C21H26N4O5S/c1-15-4-5-16(2)18(12-15)31(28,29)25-10-3-11-30-19(25)14-24-21(27)20(26)23-13-17-6-8-22-9-7-17/h4-9,12,19H,3,10-11,13-14H2,1-2H3,(H,23,26)(H,24,27)/t19-/m1/s1. The molecule has 1 aromatic carbocycles. The predicted molar refractivity (Wildman–Crippen MR) is 113 cm³/mol. The Bertz CT molecular complexity index is 1040. The summed E-state index contributed by atoms with van der Waals surface area (Å²) in [4.78, 5) is 28.3. The van der Waals surface area contributed by atoms with Crippen LogP contribution in [0.4, 0.5) is 0 Å². The van der Waals surface area contributed by atoms with E-state index in [1.54, 1.807) is 43.6 Å². The lowest BCUT2D eigenvalue weighted by atomic mass is 10.2. The van der Waals surface area contributed by atoms with Gasteiger partial charge in [0, 0.05) is 25.5 Å². The summed E-state index contributed by atoms with van der Waals surface area (Å²) in [5, 5.41) is 4.99. The topological polar surface area (TPSA) is 118 Å². The van der Waals surface area contributed by atoms with Crippen LogP contribution in [0.15, 0.2) is 47.6 Å². The molecule has 1 aliphatic heterocycles. The smallest absolute Gasteiger partial charge is 0.309 e. The number of aryl methyl sites for hydroxylation is 2. The Hall–Kier alpha value is -2.82. The number of rotatable bonds is 6. The average molecular weight is 447 g/mol. The van der Waals surface area contributed by atoms with Gasteiger partial charge in [0.1, 0.15) is 6.23 Å². The van der Waals surface area contributed by atoms with Crippen molar-refractivity contribution >= 4 is 21.8 Å². The van der Waals surface area contributed by atoms with E-state index in [2.05, 4.69) is 15.6 Å². The van der Waals surface area contributed by atoms with Crippen molar-refractivity contribution < 1.29 is 22.7 Å². The van der Waals surface area contributed by atoms with Crippen LogP contribution in [0.2, 0.25) is 0 Å². The van der Waals surface area contributed by atoms with Crippen molar-refractivity contribution in [1.29, 1.82) is 0 Å². The molecule has 3 rings (SSSR count). The largest absolute Gasteiger partial charge is 0.360 e. The van der Waals surface area contributed by atoms with Crippen LogP contribution in [-0.4, -0.2) is 55.4 Å². The van der Waals surface area contributed by atoms with Gasteiger partial charge in [-0.2, -0.15) is 4.31 Å². The zero-order valence-corrected chi connectivity index (χ0v) is 18.3. The molecule has 0 saturated carbocycles. The van der Waals surface area contributed by atoms with Crippen LogP contribution < -0.4 is 10.6 Å². The van der Waals surface area contributed by atoms with Gasteiger partial charge in [0.05, 0.1) is 18.0 Å². The molecule has 166 valence electrons. The molecule has 0 radical (unpaired) electrons. The van der Waals surface area contributed by atoms with Crippen molar-refractivity contribution in [2.45, 2.75) is 37.9 Å². The first kappa shape index (κ1) is 22.9. The molecule has 0 aliphatic carbocycles. The van der Waals surface area contributed by atoms with Gasteiger partial charge in [-0.15, -0.1) is 0 Å². The highest BCUT2D eigenvalue weighted by molar-refractivity contribution is 7.89. The quantitative estimate of drug-likeness (QED) is 0.636. The van der Waals surface area contributed by atoms with Crippen LogP contribution in [0.25, 0.3) is 0 Å². The van der Waals surface area contributed by atoms with Gasteiger partial charge in [-0.3, -0.25) is 14.6 Å². The fraction of sp³-hybridized carbons (Fsp3) is 0.381. The van der Waals surface area contributed by atoms with Crippen molar-refractivity contribution in [2.75, 3.05) is 19.7 Å². The third-order valence-corrected chi connectivity index (χ3v) is 6.96. The fourth-order valence-electron chi connectivity index (χ4n) is 3.24. The number of hydrogen-bond acceptors (Lipinski definition) is 6. The normalized spacial score (nSPS) is 17.2. The minimum atomic E-state index is -3.83. The van der Waals surface area contributed by atoms with Gasteiger partial charge >= 0.3 is 11.8 Å². The van der Waals surface area contributed by atoms with E-state index < -0.39 is 28.1 Å². The minimum absolute atomic E-state index is 0.133. The van der Waals surface area contributed by atoms with Gasteiger partial charge in [0.2, 0.25) is 10.0 Å². The molecule has 1 aromatic heterocycles. The molecule has 2 aromatic rings. The summed E-state index contributed by atoms with van der Waals surface area (Å²) in [6.07, 6.45) is 2.83. The zero-order chi connectivity index (χ0) is 22.4. The maximum atomic E-state index is 13.3. The highest BCUT2D eigenvalue weighted by Crippen LogP contribution is 2.25. The number of aromatic nitrogens is 1. The number of hydrogen-bond donors (Lipinski definition) is 2. The Kier molecular flexibility index (Phi) is 7.37. The van der Waals surface area contributed by atoms with Crippen LogP contribution in [0.1, 0.15) is 23.1 Å². The van der Waals surface area contributed by atoms with Crippen LogP contribution >= 0.6 is 0 Å². The third-order valence-electron chi connectivity index (χ3n) is 4.93. The monoisotopic (exact) mass is 446 g/mol. The molecular formula is C21H26N4O5S. The summed E-state index contributed by atoms with van der Waals surface area (Å²) < 4.78 is 33.4. The summed E-state index contributed by atoms with van der Waals surface area (Å²) in [6.45, 7) is 4.25. The molecule has 0 unspecified atom stereocenters. The van der Waals surface area contributed by atoms with E-state index in [0.717, 1.165) is 11.1 Å². The van der Waals surface area contributed by atoms with Crippen molar-refractivity contribution in [2.24, 2.45) is 0 Å². The number of nitrogens with one attached hydrogen (secondary N) is 2. The molecule has 31 heavy (non-hydrogen) atoms. The molecule has 1 saturated heterocycles. The van der Waals surface area contributed by atoms with Crippen LogP contribution in [0.5, 0.6) is 0 Å². The SMILES string of the molecule is Cc1ccc(C)c(S(=O)(=O)N2CCCO[C@@H]2CNC(=O)C(=O)NCc2ccncc2)c1. The van der Waals surface area contributed by atoms with Gasteiger partial charge in [0.15, 0.2) is 0 Å². The summed E-state index contributed by atoms with van der Waals surface area (Å²) in [6, 6.07) is 8.69. The molecule has 2 N–H and O–H groups in total. The van der Waals surface area contributed by atoms with Crippen LogP contribution in [-0.2, 0) is 30.9 Å². The number of nitrogens with zero attached hydrogens (tertiary/aromatic N) is 2. The number of carbonyl (C=O) groups is 2. The lowest BCUT2D eigenvalue weighted by Crippen LogP contribution is -2.53. The number of pyridine rings is 1. The first-order valence-electron chi connectivity index (χ1n) is 9.94. The Morgan fingerprint density at radius 3 is 2.58 bits per heavy atom. The molecule has 2 heterocycles. The van der Waals surface area contributed by atoms with Gasteiger partial charge < -0.3 is 15.4 Å². The van der Waals surface area contributed by atoms with Crippen molar-refractivity contribution in [1.82, 2.24) is 19.9 Å². The maximum absolute atomic E-state index is 13.3. The van der Waals surface area contributed by atoms with Gasteiger partial charge in [0.25, 0.3) is 0 Å². The van der Waals surface area contributed by atoms with E-state index in [1.807, 2.05) is 13.0 Å². The van der Waals surface area contributed by atoms with E-state index in [0.29, 0.717) is 18.6 Å². The minimum Gasteiger partial charge on any atom is -0.360 e. The Labute approximate surface area is 181 Å². The summed E-state index contributed by atoms with van der Waals surface area (Å²) in [5.74, 6) is -1.66. The summed E-state index contributed by atoms with van der Waals surface area (Å²) >= 11 is 0. The highest BCUT2D eigenvalue weighted by atomic mass is 32.2. The zero-order valence-electron chi connectivity index (χ0n) is 17.5. The average Bonchev–Trinajstić information content (AvgIpc) is 2.78. The molecule has 10 heteroatoms. The number of sulfonamides is 1. The molecule has 1 aliphatic rings. The number of benzene rings is 1. The maximum Gasteiger partial charge on any atom is 0.309 e. The van der Waals surface area contributed by atoms with Crippen LogP contribution in [0, 0.1) is 13.8 Å². The van der Waals surface area contributed by atoms with E-state index in [4.69, 9.17) is 4.74 Å². The van der Waals surface area contributed by atoms with Crippen molar-refractivity contribution in [3.8, 4) is 0 Å². The number of carbonyl (C=O) groups excluding carboxylic acids is 2. The van der Waals surface area contributed by atoms with Crippen molar-refractivity contribution in [3.63, 3.8) is 0 Å². The second-order valence-corrected chi connectivity index (χ2v) is 9.17. The molecule has 9 nitrogen and oxygen atoms in total. The molecule has 1 atom stereocenters.